The molecule has 4 rings (SSSR count). The zero-order chi connectivity index (χ0) is 25.3. The van der Waals surface area contributed by atoms with Crippen molar-refractivity contribution < 1.29 is 20.0 Å². The first-order chi connectivity index (χ1) is 15.6. The Kier molecular flexibility index (Phi) is 6.36. The number of rotatable bonds is 5. The van der Waals surface area contributed by atoms with Crippen molar-refractivity contribution in [3.8, 4) is 0 Å². The standard InChI is InChI=1S/C30H48O4/c1-19(10-9-15-26(2,3)34-33)25-22(31)18-30(8)21-11-12-23-27(4,5)24(32)14-16-28(23,6)20(21)13-17-29(25,30)7/h9,11,15,19-20,22-23,25,31,33H,10,12-14,16-18H2,1-8H3/b15-9+/t19-,20-,22-,23-,25+,28+,29-,30+/m0/s1. The van der Waals surface area contributed by atoms with Gasteiger partial charge in [0.1, 0.15) is 11.4 Å². The Morgan fingerprint density at radius 2 is 1.88 bits per heavy atom. The maximum atomic E-state index is 12.8. The molecule has 2 N–H and O–H groups in total. The second-order valence-corrected chi connectivity index (χ2v) is 14.0. The van der Waals surface area contributed by atoms with Crippen molar-refractivity contribution in [2.24, 2.45) is 45.3 Å². The van der Waals surface area contributed by atoms with Crippen molar-refractivity contribution >= 4 is 5.78 Å². The summed E-state index contributed by atoms with van der Waals surface area (Å²) >= 11 is 0. The van der Waals surface area contributed by atoms with Crippen LogP contribution in [0.25, 0.3) is 0 Å². The molecule has 0 amide bonds. The average molecular weight is 473 g/mol. The van der Waals surface area contributed by atoms with Crippen LogP contribution >= 0.6 is 0 Å². The predicted molar refractivity (Wildman–Crippen MR) is 136 cm³/mol. The molecule has 0 spiro atoms. The fourth-order valence-corrected chi connectivity index (χ4v) is 9.37. The SMILES string of the molecule is C[C@@H](C/C=C/C(C)(C)OO)[C@@H]1[C@@H](O)C[C@]2(C)C3=CC[C@H]4C(C)(C)C(=O)CC[C@]4(C)[C@H]3CC[C@@]12C. The fourth-order valence-electron chi connectivity index (χ4n) is 9.37. The molecule has 0 aromatic heterocycles. The largest absolute Gasteiger partial charge is 0.393 e. The van der Waals surface area contributed by atoms with E-state index in [4.69, 9.17) is 5.26 Å². The first kappa shape index (κ1) is 26.1. The number of ketones is 1. The average Bonchev–Trinajstić information content (AvgIpc) is 2.96. The van der Waals surface area contributed by atoms with Crippen LogP contribution in [0.3, 0.4) is 0 Å². The summed E-state index contributed by atoms with van der Waals surface area (Å²) < 4.78 is 0. The van der Waals surface area contributed by atoms with Gasteiger partial charge in [0.25, 0.3) is 0 Å². The van der Waals surface area contributed by atoms with E-state index in [9.17, 15) is 9.90 Å². The highest BCUT2D eigenvalue weighted by Gasteiger charge is 2.67. The van der Waals surface area contributed by atoms with Crippen LogP contribution in [0.4, 0.5) is 0 Å². The van der Waals surface area contributed by atoms with E-state index in [0.717, 1.165) is 38.5 Å². The summed E-state index contributed by atoms with van der Waals surface area (Å²) in [6.07, 6.45) is 12.9. The summed E-state index contributed by atoms with van der Waals surface area (Å²) in [6, 6.07) is 0. The van der Waals surface area contributed by atoms with E-state index in [-0.39, 0.29) is 33.7 Å². The van der Waals surface area contributed by atoms with E-state index >= 15 is 0 Å². The lowest BCUT2D eigenvalue weighted by molar-refractivity contribution is -0.297. The molecule has 0 unspecified atom stereocenters. The maximum absolute atomic E-state index is 12.8. The first-order valence-corrected chi connectivity index (χ1v) is 13.6. The number of aliphatic hydroxyl groups excluding tert-OH is 1. The van der Waals surface area contributed by atoms with Crippen molar-refractivity contribution in [2.45, 2.75) is 112 Å². The van der Waals surface area contributed by atoms with Gasteiger partial charge in [0, 0.05) is 11.8 Å². The van der Waals surface area contributed by atoms with E-state index in [1.807, 2.05) is 19.9 Å². The summed E-state index contributed by atoms with van der Waals surface area (Å²) in [4.78, 5) is 17.4. The van der Waals surface area contributed by atoms with Gasteiger partial charge in [-0.3, -0.25) is 10.1 Å². The van der Waals surface area contributed by atoms with Crippen LogP contribution in [-0.4, -0.2) is 27.9 Å². The second-order valence-electron chi connectivity index (χ2n) is 14.0. The number of aliphatic hydroxyl groups is 1. The maximum Gasteiger partial charge on any atom is 0.138 e. The van der Waals surface area contributed by atoms with Gasteiger partial charge in [-0.15, -0.1) is 0 Å². The van der Waals surface area contributed by atoms with E-state index < -0.39 is 5.60 Å². The molecule has 3 saturated carbocycles. The quantitative estimate of drug-likeness (QED) is 0.257. The highest BCUT2D eigenvalue weighted by molar-refractivity contribution is 5.85. The fraction of sp³-hybridized carbons (Fsp3) is 0.833. The van der Waals surface area contributed by atoms with Gasteiger partial charge in [-0.25, -0.2) is 4.89 Å². The highest BCUT2D eigenvalue weighted by Crippen LogP contribution is 2.73. The number of hydrogen-bond donors (Lipinski definition) is 2. The Morgan fingerprint density at radius 3 is 2.53 bits per heavy atom. The van der Waals surface area contributed by atoms with Gasteiger partial charge in [-0.1, -0.05) is 65.3 Å². The van der Waals surface area contributed by atoms with Crippen molar-refractivity contribution in [1.29, 1.82) is 0 Å². The Hall–Kier alpha value is -0.970. The monoisotopic (exact) mass is 472 g/mol. The Labute approximate surface area is 207 Å². The van der Waals surface area contributed by atoms with Crippen molar-refractivity contribution in [3.63, 3.8) is 0 Å². The predicted octanol–water partition coefficient (Wildman–Crippen LogP) is 6.98. The molecule has 4 heteroatoms. The Bertz CT molecular complexity index is 884. The van der Waals surface area contributed by atoms with Crippen molar-refractivity contribution in [1.82, 2.24) is 0 Å². The van der Waals surface area contributed by atoms with E-state index in [2.05, 4.69) is 58.6 Å². The third kappa shape index (κ3) is 3.61. The van der Waals surface area contributed by atoms with Gasteiger partial charge in [-0.05, 0) is 92.3 Å². The summed E-state index contributed by atoms with van der Waals surface area (Å²) in [5, 5.41) is 20.6. The number of fused-ring (bicyclic) bond motifs is 5. The van der Waals surface area contributed by atoms with Gasteiger partial charge < -0.3 is 5.11 Å². The number of allylic oxidation sites excluding steroid dienone is 3. The number of hydrogen-bond acceptors (Lipinski definition) is 4. The molecule has 0 bridgehead atoms. The van der Waals surface area contributed by atoms with Gasteiger partial charge in [-0.2, -0.15) is 0 Å². The molecule has 0 saturated heterocycles. The molecule has 0 radical (unpaired) electrons. The van der Waals surface area contributed by atoms with Gasteiger partial charge in [0.2, 0.25) is 0 Å². The number of Topliss-reactive ketones (excluding diaryl/α,β-unsaturated/α-hetero) is 1. The first-order valence-electron chi connectivity index (χ1n) is 13.6. The number of carbonyl (C=O) groups excluding carboxylic acids is 1. The molecule has 4 aliphatic rings. The molecule has 0 aromatic rings. The second kappa shape index (κ2) is 8.28. The van der Waals surface area contributed by atoms with Crippen LogP contribution in [0.2, 0.25) is 0 Å². The van der Waals surface area contributed by atoms with Gasteiger partial charge >= 0.3 is 0 Å². The lowest BCUT2D eigenvalue weighted by atomic mass is 9.41. The van der Waals surface area contributed by atoms with Crippen LogP contribution in [0.1, 0.15) is 100 Å². The normalized spacial score (nSPS) is 44.9. The molecule has 3 fully saturated rings. The molecule has 4 nitrogen and oxygen atoms in total. The van der Waals surface area contributed by atoms with E-state index in [0.29, 0.717) is 30.0 Å². The zero-order valence-corrected chi connectivity index (χ0v) is 22.8. The summed E-state index contributed by atoms with van der Waals surface area (Å²) in [6.45, 7) is 17.6. The third-order valence-corrected chi connectivity index (χ3v) is 11.5. The summed E-state index contributed by atoms with van der Waals surface area (Å²) in [5.41, 5.74) is 0.849. The molecule has 0 aromatic carbocycles. The third-order valence-electron chi connectivity index (χ3n) is 11.5. The molecule has 192 valence electrons. The molecule has 4 aliphatic carbocycles. The minimum atomic E-state index is -0.696. The summed E-state index contributed by atoms with van der Waals surface area (Å²) in [5.74, 6) is 1.93. The van der Waals surface area contributed by atoms with Crippen LogP contribution in [0, 0.1) is 45.3 Å². The summed E-state index contributed by atoms with van der Waals surface area (Å²) in [7, 11) is 0. The van der Waals surface area contributed by atoms with Gasteiger partial charge in [0.05, 0.1) is 6.10 Å². The van der Waals surface area contributed by atoms with E-state index in [1.165, 1.54) is 0 Å². The zero-order valence-electron chi connectivity index (χ0n) is 22.8. The van der Waals surface area contributed by atoms with Gasteiger partial charge in [0.15, 0.2) is 0 Å². The van der Waals surface area contributed by atoms with Crippen molar-refractivity contribution in [3.05, 3.63) is 23.8 Å². The van der Waals surface area contributed by atoms with Crippen LogP contribution < -0.4 is 0 Å². The van der Waals surface area contributed by atoms with Crippen LogP contribution in [0.15, 0.2) is 23.8 Å². The smallest absolute Gasteiger partial charge is 0.138 e. The minimum absolute atomic E-state index is 0.00890. The minimum Gasteiger partial charge on any atom is -0.393 e. The van der Waals surface area contributed by atoms with Crippen LogP contribution in [0.5, 0.6) is 0 Å². The molecule has 0 aliphatic heterocycles. The Balaban J connectivity index is 1.64. The molecule has 8 atom stereocenters. The number of carbonyl (C=O) groups is 1. The van der Waals surface area contributed by atoms with Crippen molar-refractivity contribution in [2.75, 3.05) is 0 Å². The Morgan fingerprint density at radius 1 is 1.21 bits per heavy atom. The van der Waals surface area contributed by atoms with Crippen LogP contribution in [-0.2, 0) is 9.68 Å². The molecule has 0 heterocycles. The molecular weight excluding hydrogens is 424 g/mol. The van der Waals surface area contributed by atoms with E-state index in [1.54, 1.807) is 5.57 Å². The topological polar surface area (TPSA) is 66.8 Å². The lowest BCUT2D eigenvalue weighted by Gasteiger charge is -2.63. The molecular formula is C30H48O4. The molecule has 34 heavy (non-hydrogen) atoms. The highest BCUT2D eigenvalue weighted by atomic mass is 17.1. The lowest BCUT2D eigenvalue weighted by Crippen LogP contribution is -2.57.